The van der Waals surface area contributed by atoms with Crippen molar-refractivity contribution in [2.75, 3.05) is 23.9 Å². The van der Waals surface area contributed by atoms with E-state index in [2.05, 4.69) is 85.9 Å². The summed E-state index contributed by atoms with van der Waals surface area (Å²) in [5, 5.41) is 9.36. The zero-order valence-electron chi connectivity index (χ0n) is 21.3. The summed E-state index contributed by atoms with van der Waals surface area (Å²) in [5.74, 6) is -0.204. The number of amides is 1. The van der Waals surface area contributed by atoms with E-state index in [0.29, 0.717) is 10.8 Å². The number of fused-ring (bicyclic) bond motifs is 1. The molecule has 39 heavy (non-hydrogen) atoms. The van der Waals surface area contributed by atoms with Crippen LogP contribution >= 0.6 is 12.2 Å². The predicted molar refractivity (Wildman–Crippen MR) is 158 cm³/mol. The number of thiocarbonyl (C=S) groups is 1. The SMILES string of the molecule is COCC(=O)Nc1ccc(N2C(=S)N[C@H](c3ccccn3)[C@H]2c2cccn2-c2ccc3ccccc3c2)cc1. The summed E-state index contributed by atoms with van der Waals surface area (Å²) in [4.78, 5) is 18.8. The number of carbonyl (C=O) groups is 1. The van der Waals surface area contributed by atoms with E-state index < -0.39 is 0 Å². The molecule has 1 fully saturated rings. The largest absolute Gasteiger partial charge is 0.375 e. The van der Waals surface area contributed by atoms with Gasteiger partial charge in [-0.3, -0.25) is 9.78 Å². The van der Waals surface area contributed by atoms with Crippen LogP contribution in [0.1, 0.15) is 23.5 Å². The second-order valence-electron chi connectivity index (χ2n) is 9.36. The Kier molecular flexibility index (Phi) is 6.79. The Hall–Kier alpha value is -4.53. The molecule has 0 radical (unpaired) electrons. The minimum atomic E-state index is -0.204. The number of anilines is 2. The van der Waals surface area contributed by atoms with Crippen LogP contribution in [0.4, 0.5) is 11.4 Å². The van der Waals surface area contributed by atoms with Gasteiger partial charge < -0.3 is 24.8 Å². The smallest absolute Gasteiger partial charge is 0.250 e. The Morgan fingerprint density at radius 2 is 1.72 bits per heavy atom. The molecule has 1 aliphatic rings. The van der Waals surface area contributed by atoms with E-state index in [4.69, 9.17) is 17.0 Å². The van der Waals surface area contributed by atoms with Crippen molar-refractivity contribution in [3.05, 3.63) is 121 Å². The number of nitrogens with one attached hydrogen (secondary N) is 2. The summed E-state index contributed by atoms with van der Waals surface area (Å²) in [5.41, 5.74) is 4.65. The first-order valence-corrected chi connectivity index (χ1v) is 13.1. The highest BCUT2D eigenvalue weighted by Gasteiger charge is 2.42. The van der Waals surface area contributed by atoms with Gasteiger partial charge in [-0.1, -0.05) is 36.4 Å². The van der Waals surface area contributed by atoms with Gasteiger partial charge in [-0.15, -0.1) is 0 Å². The molecule has 0 unspecified atom stereocenters. The quantitative estimate of drug-likeness (QED) is 0.258. The van der Waals surface area contributed by atoms with Crippen LogP contribution in [0.2, 0.25) is 0 Å². The molecule has 5 aromatic rings. The molecule has 1 aliphatic heterocycles. The molecular formula is C31H27N5O2S. The highest BCUT2D eigenvalue weighted by molar-refractivity contribution is 7.80. The Morgan fingerprint density at radius 1 is 0.949 bits per heavy atom. The number of hydrogen-bond acceptors (Lipinski definition) is 4. The van der Waals surface area contributed by atoms with Gasteiger partial charge in [0.2, 0.25) is 5.91 Å². The van der Waals surface area contributed by atoms with Crippen molar-refractivity contribution in [3.8, 4) is 5.69 Å². The first-order chi connectivity index (χ1) is 19.1. The van der Waals surface area contributed by atoms with E-state index >= 15 is 0 Å². The van der Waals surface area contributed by atoms with Crippen molar-refractivity contribution in [2.45, 2.75) is 12.1 Å². The standard InChI is InChI=1S/C31H27N5O2S/c1-38-20-28(37)33-23-12-15-24(16-13-23)36-30(29(34-31(36)39)26-9-4-5-17-32-26)27-10-6-18-35(27)25-14-11-21-7-2-3-8-22(21)19-25/h2-19,29-30H,20H2,1H3,(H,33,37)(H,34,39)/t29-,30-/m1/s1. The molecule has 0 bridgehead atoms. The monoisotopic (exact) mass is 533 g/mol. The Morgan fingerprint density at radius 3 is 2.49 bits per heavy atom. The maximum Gasteiger partial charge on any atom is 0.250 e. The molecule has 1 amide bonds. The molecule has 3 heterocycles. The van der Waals surface area contributed by atoms with E-state index in [1.54, 1.807) is 6.20 Å². The molecule has 2 atom stereocenters. The molecule has 2 N–H and O–H groups in total. The zero-order valence-corrected chi connectivity index (χ0v) is 22.1. The van der Waals surface area contributed by atoms with Crippen molar-refractivity contribution in [3.63, 3.8) is 0 Å². The van der Waals surface area contributed by atoms with Crippen molar-refractivity contribution >= 4 is 45.4 Å². The van der Waals surface area contributed by atoms with Gasteiger partial charge in [0.1, 0.15) is 12.6 Å². The normalized spacial score (nSPS) is 16.8. The lowest BCUT2D eigenvalue weighted by molar-refractivity contribution is -0.119. The van der Waals surface area contributed by atoms with Gasteiger partial charge >= 0.3 is 0 Å². The van der Waals surface area contributed by atoms with Crippen LogP contribution in [0.5, 0.6) is 0 Å². The third kappa shape index (κ3) is 4.87. The Balaban J connectivity index is 1.42. The van der Waals surface area contributed by atoms with E-state index in [1.165, 1.54) is 17.9 Å². The highest BCUT2D eigenvalue weighted by atomic mass is 32.1. The third-order valence-corrected chi connectivity index (χ3v) is 7.21. The van der Waals surface area contributed by atoms with Crippen molar-refractivity contribution < 1.29 is 9.53 Å². The summed E-state index contributed by atoms with van der Waals surface area (Å²) in [6, 6.07) is 32.3. The van der Waals surface area contributed by atoms with Crippen LogP contribution in [0.3, 0.4) is 0 Å². The number of carbonyl (C=O) groups excluding carboxylic acids is 1. The molecule has 194 valence electrons. The molecule has 6 rings (SSSR count). The average Bonchev–Trinajstić information content (AvgIpc) is 3.58. The summed E-state index contributed by atoms with van der Waals surface area (Å²) in [6.45, 7) is 0.00146. The first kappa shape index (κ1) is 24.8. The molecule has 7 nitrogen and oxygen atoms in total. The number of nitrogens with zero attached hydrogens (tertiary/aromatic N) is 3. The number of methoxy groups -OCH3 is 1. The lowest BCUT2D eigenvalue weighted by atomic mass is 10.0. The topological polar surface area (TPSA) is 71.4 Å². The van der Waals surface area contributed by atoms with Crippen LogP contribution in [0.15, 0.2) is 109 Å². The van der Waals surface area contributed by atoms with Gasteiger partial charge in [0.25, 0.3) is 0 Å². The highest BCUT2D eigenvalue weighted by Crippen LogP contribution is 2.42. The number of benzene rings is 3. The van der Waals surface area contributed by atoms with Gasteiger partial charge in [-0.2, -0.15) is 0 Å². The number of pyridine rings is 1. The molecule has 0 spiro atoms. The second-order valence-corrected chi connectivity index (χ2v) is 9.75. The molecule has 3 aromatic carbocycles. The zero-order chi connectivity index (χ0) is 26.8. The fourth-order valence-corrected chi connectivity index (χ4v) is 5.51. The van der Waals surface area contributed by atoms with E-state index in [9.17, 15) is 4.79 Å². The maximum absolute atomic E-state index is 12.0. The molecule has 0 saturated carbocycles. The van der Waals surface area contributed by atoms with Crippen LogP contribution in [0, 0.1) is 0 Å². The van der Waals surface area contributed by atoms with Crippen molar-refractivity contribution in [2.24, 2.45) is 0 Å². The maximum atomic E-state index is 12.0. The summed E-state index contributed by atoms with van der Waals surface area (Å²) < 4.78 is 7.14. The van der Waals surface area contributed by atoms with Crippen molar-refractivity contribution in [1.29, 1.82) is 0 Å². The Labute approximate surface area is 232 Å². The van der Waals surface area contributed by atoms with Gasteiger partial charge in [-0.25, -0.2) is 0 Å². The minimum Gasteiger partial charge on any atom is -0.375 e. The average molecular weight is 534 g/mol. The Bertz CT molecular complexity index is 1630. The summed E-state index contributed by atoms with van der Waals surface area (Å²) in [7, 11) is 1.50. The summed E-state index contributed by atoms with van der Waals surface area (Å²) >= 11 is 5.90. The van der Waals surface area contributed by atoms with Gasteiger partial charge in [0.15, 0.2) is 5.11 Å². The van der Waals surface area contributed by atoms with E-state index in [0.717, 1.165) is 22.8 Å². The molecular weight excluding hydrogens is 506 g/mol. The molecule has 1 saturated heterocycles. The first-order valence-electron chi connectivity index (χ1n) is 12.7. The molecule has 8 heteroatoms. The van der Waals surface area contributed by atoms with Crippen molar-refractivity contribution in [1.82, 2.24) is 14.9 Å². The van der Waals surface area contributed by atoms with Gasteiger partial charge in [-0.05, 0) is 83.7 Å². The molecule has 0 aliphatic carbocycles. The molecule has 2 aromatic heterocycles. The summed E-state index contributed by atoms with van der Waals surface area (Å²) in [6.07, 6.45) is 3.89. The lowest BCUT2D eigenvalue weighted by Gasteiger charge is -2.29. The number of ether oxygens (including phenoxy) is 1. The number of aromatic nitrogens is 2. The van der Waals surface area contributed by atoms with Crippen LogP contribution < -0.4 is 15.5 Å². The fraction of sp³-hybridized carbons (Fsp3) is 0.129. The van der Waals surface area contributed by atoms with E-state index in [1.807, 2.05) is 42.5 Å². The van der Waals surface area contributed by atoms with Crippen LogP contribution in [-0.4, -0.2) is 34.3 Å². The predicted octanol–water partition coefficient (Wildman–Crippen LogP) is 5.79. The number of rotatable bonds is 7. The minimum absolute atomic E-state index is 0.00146. The van der Waals surface area contributed by atoms with Gasteiger partial charge in [0, 0.05) is 42.3 Å². The van der Waals surface area contributed by atoms with Crippen LogP contribution in [-0.2, 0) is 9.53 Å². The van der Waals surface area contributed by atoms with E-state index in [-0.39, 0.29) is 24.6 Å². The third-order valence-electron chi connectivity index (χ3n) is 6.90. The van der Waals surface area contributed by atoms with Gasteiger partial charge in [0.05, 0.1) is 11.7 Å². The fourth-order valence-electron chi connectivity index (χ4n) is 5.16. The lowest BCUT2D eigenvalue weighted by Crippen LogP contribution is -2.30. The second kappa shape index (κ2) is 10.7. The van der Waals surface area contributed by atoms with Crippen LogP contribution in [0.25, 0.3) is 16.5 Å². The number of hydrogen-bond donors (Lipinski definition) is 2.